The first kappa shape index (κ1) is 23.6. The summed E-state index contributed by atoms with van der Waals surface area (Å²) in [5, 5.41) is 20.1. The van der Waals surface area contributed by atoms with Crippen LogP contribution in [0, 0.1) is 18.3 Å². The average molecular weight is 503 g/mol. The third-order valence-electron chi connectivity index (χ3n) is 5.53. The van der Waals surface area contributed by atoms with Gasteiger partial charge in [0.05, 0.1) is 11.1 Å². The molecule has 1 amide bonds. The van der Waals surface area contributed by atoms with E-state index in [1.165, 1.54) is 34.7 Å². The van der Waals surface area contributed by atoms with Gasteiger partial charge in [0.2, 0.25) is 11.9 Å². The van der Waals surface area contributed by atoms with Gasteiger partial charge in [-0.15, -0.1) is 5.10 Å². The molecule has 0 unspecified atom stereocenters. The third kappa shape index (κ3) is 4.36. The monoisotopic (exact) mass is 503 g/mol. The lowest BCUT2D eigenvalue weighted by Gasteiger charge is -2.15. The van der Waals surface area contributed by atoms with E-state index in [1.807, 2.05) is 6.07 Å². The highest BCUT2D eigenvalue weighted by molar-refractivity contribution is 5.89. The minimum atomic E-state index is -4.55. The summed E-state index contributed by atoms with van der Waals surface area (Å²) in [5.74, 6) is 0.304. The molecule has 0 bridgehead atoms. The smallest absolute Gasteiger partial charge is 0.293 e. The molecule has 0 saturated carbocycles. The summed E-state index contributed by atoms with van der Waals surface area (Å²) in [6.07, 6.45) is -0.243. The molecule has 5 aromatic rings. The maximum absolute atomic E-state index is 13.5. The van der Waals surface area contributed by atoms with Crippen LogP contribution in [0.5, 0.6) is 0 Å². The van der Waals surface area contributed by atoms with Gasteiger partial charge < -0.3 is 0 Å². The first-order chi connectivity index (χ1) is 17.7. The van der Waals surface area contributed by atoms with Crippen molar-refractivity contribution in [3.63, 3.8) is 0 Å². The van der Waals surface area contributed by atoms with Crippen LogP contribution in [-0.4, -0.2) is 40.3 Å². The van der Waals surface area contributed by atoms with Crippen LogP contribution in [0.3, 0.4) is 0 Å². The highest BCUT2D eigenvalue weighted by Gasteiger charge is 2.31. The molecule has 1 N–H and O–H groups in total. The fourth-order valence-corrected chi connectivity index (χ4v) is 3.91. The van der Waals surface area contributed by atoms with Gasteiger partial charge in [0.15, 0.2) is 17.3 Å². The summed E-state index contributed by atoms with van der Waals surface area (Å²) < 4.78 is 43.4. The normalized spacial score (nSPS) is 11.5. The standard InChI is InChI=1S/C24H16F3N9O/c1-13-18(21-30-12-31-36(21)19-7-6-15(9-28)10-29-19)11-35-22(33-23(34-35)32-14(2)37)20(13)16-4-3-5-17(8-16)24(25,26)27/h3-8,10-12H,1-2H3,(H,32,34,37). The van der Waals surface area contributed by atoms with E-state index in [-0.39, 0.29) is 17.2 Å². The molecule has 37 heavy (non-hydrogen) atoms. The summed E-state index contributed by atoms with van der Waals surface area (Å²) in [4.78, 5) is 24.6. The lowest BCUT2D eigenvalue weighted by Crippen LogP contribution is -2.07. The topological polar surface area (TPSA) is 127 Å². The molecule has 0 saturated heterocycles. The molecule has 0 spiro atoms. The predicted octanol–water partition coefficient (Wildman–Crippen LogP) is 4.20. The van der Waals surface area contributed by atoms with Gasteiger partial charge in [0.25, 0.3) is 0 Å². The van der Waals surface area contributed by atoms with Gasteiger partial charge in [-0.1, -0.05) is 12.1 Å². The zero-order chi connectivity index (χ0) is 26.3. The van der Waals surface area contributed by atoms with Gasteiger partial charge in [-0.2, -0.15) is 33.2 Å². The van der Waals surface area contributed by atoms with E-state index in [0.717, 1.165) is 12.1 Å². The molecule has 0 fully saturated rings. The van der Waals surface area contributed by atoms with E-state index in [0.29, 0.717) is 33.9 Å². The molecule has 0 atom stereocenters. The molecule has 184 valence electrons. The van der Waals surface area contributed by atoms with Crippen molar-refractivity contribution in [3.8, 4) is 34.4 Å². The van der Waals surface area contributed by atoms with Crippen LogP contribution in [0.15, 0.2) is 55.1 Å². The van der Waals surface area contributed by atoms with Crippen molar-refractivity contribution < 1.29 is 18.0 Å². The predicted molar refractivity (Wildman–Crippen MR) is 125 cm³/mol. The number of nitriles is 1. The van der Waals surface area contributed by atoms with Crippen LogP contribution < -0.4 is 5.32 Å². The van der Waals surface area contributed by atoms with Crippen LogP contribution in [0.4, 0.5) is 19.1 Å². The summed E-state index contributed by atoms with van der Waals surface area (Å²) in [7, 11) is 0. The Kier molecular flexibility index (Phi) is 5.63. The van der Waals surface area contributed by atoms with E-state index in [2.05, 4.69) is 30.5 Å². The lowest BCUT2D eigenvalue weighted by molar-refractivity contribution is -0.137. The zero-order valence-electron chi connectivity index (χ0n) is 19.3. The van der Waals surface area contributed by atoms with Gasteiger partial charge >= 0.3 is 6.18 Å². The van der Waals surface area contributed by atoms with Crippen LogP contribution in [-0.2, 0) is 11.0 Å². The molecule has 13 heteroatoms. The number of carbonyl (C=O) groups excluding carboxylic acids is 1. The third-order valence-corrected chi connectivity index (χ3v) is 5.53. The van der Waals surface area contributed by atoms with E-state index < -0.39 is 17.6 Å². The maximum atomic E-state index is 13.5. The fraction of sp³-hybridized carbons (Fsp3) is 0.125. The average Bonchev–Trinajstić information content (AvgIpc) is 3.49. The van der Waals surface area contributed by atoms with Crippen LogP contribution in [0.2, 0.25) is 0 Å². The number of anilines is 1. The Labute approximate surface area is 207 Å². The number of benzene rings is 1. The highest BCUT2D eigenvalue weighted by Crippen LogP contribution is 2.37. The van der Waals surface area contributed by atoms with Crippen molar-refractivity contribution in [2.45, 2.75) is 20.0 Å². The van der Waals surface area contributed by atoms with E-state index >= 15 is 0 Å². The van der Waals surface area contributed by atoms with Gasteiger partial charge in [-0.3, -0.25) is 10.1 Å². The van der Waals surface area contributed by atoms with Crippen LogP contribution in [0.1, 0.15) is 23.6 Å². The molecular weight excluding hydrogens is 487 g/mol. The van der Waals surface area contributed by atoms with Crippen molar-refractivity contribution in [2.24, 2.45) is 0 Å². The van der Waals surface area contributed by atoms with Gasteiger partial charge in [0, 0.05) is 30.4 Å². The number of rotatable bonds is 4. The summed E-state index contributed by atoms with van der Waals surface area (Å²) in [5.41, 5.74) is 1.45. The number of alkyl halides is 3. The van der Waals surface area contributed by atoms with Crippen molar-refractivity contribution >= 4 is 17.5 Å². The zero-order valence-corrected chi connectivity index (χ0v) is 19.3. The van der Waals surface area contributed by atoms with Crippen molar-refractivity contribution in [2.75, 3.05) is 5.32 Å². The number of hydrogen-bond acceptors (Lipinski definition) is 7. The number of nitrogens with one attached hydrogen (secondary N) is 1. The number of aromatic nitrogens is 7. The largest absolute Gasteiger partial charge is 0.416 e. The van der Waals surface area contributed by atoms with Crippen LogP contribution in [0.25, 0.3) is 34.0 Å². The second-order valence-corrected chi connectivity index (χ2v) is 8.02. The highest BCUT2D eigenvalue weighted by atomic mass is 19.4. The number of carbonyl (C=O) groups is 1. The number of nitrogens with zero attached hydrogens (tertiary/aromatic N) is 8. The molecule has 5 rings (SSSR count). The number of halogens is 3. The van der Waals surface area contributed by atoms with Crippen LogP contribution >= 0.6 is 0 Å². The number of hydrogen-bond donors (Lipinski definition) is 1. The van der Waals surface area contributed by atoms with Gasteiger partial charge in [0.1, 0.15) is 12.4 Å². The summed E-state index contributed by atoms with van der Waals surface area (Å²) in [6.45, 7) is 3.02. The Hall–Kier alpha value is -5.12. The Bertz CT molecular complexity index is 1700. The molecule has 1 aromatic carbocycles. The molecule has 0 aliphatic rings. The Morgan fingerprint density at radius 1 is 1.16 bits per heavy atom. The summed E-state index contributed by atoms with van der Waals surface area (Å²) in [6, 6.07) is 10.0. The Balaban J connectivity index is 1.77. The number of amides is 1. The van der Waals surface area contributed by atoms with E-state index in [9.17, 15) is 18.0 Å². The van der Waals surface area contributed by atoms with Gasteiger partial charge in [-0.05, 0) is 42.3 Å². The first-order valence-electron chi connectivity index (χ1n) is 10.8. The molecule has 10 nitrogen and oxygen atoms in total. The maximum Gasteiger partial charge on any atom is 0.416 e. The van der Waals surface area contributed by atoms with E-state index in [1.54, 1.807) is 31.3 Å². The van der Waals surface area contributed by atoms with Gasteiger partial charge in [-0.25, -0.2) is 14.5 Å². The Morgan fingerprint density at radius 2 is 1.97 bits per heavy atom. The van der Waals surface area contributed by atoms with E-state index in [4.69, 9.17) is 5.26 Å². The molecule has 0 radical (unpaired) electrons. The van der Waals surface area contributed by atoms with Crippen molar-refractivity contribution in [1.82, 2.24) is 34.3 Å². The minimum absolute atomic E-state index is 0.00694. The SMILES string of the molecule is CC(=O)Nc1nc2c(-c3cccc(C(F)(F)F)c3)c(C)c(-c3ncnn3-c3ccc(C#N)cn3)cn2n1. The fourth-order valence-electron chi connectivity index (χ4n) is 3.91. The second kappa shape index (κ2) is 8.83. The molecule has 0 aliphatic heterocycles. The molecule has 4 heterocycles. The molecular formula is C24H16F3N9O. The lowest BCUT2D eigenvalue weighted by atomic mass is 9.96. The van der Waals surface area contributed by atoms with Crippen molar-refractivity contribution in [1.29, 1.82) is 5.26 Å². The Morgan fingerprint density at radius 3 is 2.65 bits per heavy atom. The summed E-state index contributed by atoms with van der Waals surface area (Å²) >= 11 is 0. The van der Waals surface area contributed by atoms with Crippen molar-refractivity contribution in [3.05, 3.63) is 71.8 Å². The number of fused-ring (bicyclic) bond motifs is 1. The minimum Gasteiger partial charge on any atom is -0.293 e. The molecule has 0 aliphatic carbocycles. The first-order valence-corrected chi connectivity index (χ1v) is 10.8. The molecule has 4 aromatic heterocycles. The number of pyridine rings is 2. The second-order valence-electron chi connectivity index (χ2n) is 8.02. The quantitative estimate of drug-likeness (QED) is 0.390.